The molecule has 8 nitrogen and oxygen atoms in total. The average Bonchev–Trinajstić information content (AvgIpc) is 2.86. The summed E-state index contributed by atoms with van der Waals surface area (Å²) in [6, 6.07) is 16.9. The van der Waals surface area contributed by atoms with Gasteiger partial charge in [0.25, 0.3) is 5.56 Å². The minimum absolute atomic E-state index is 0.0228. The van der Waals surface area contributed by atoms with E-state index in [9.17, 15) is 18.0 Å². The van der Waals surface area contributed by atoms with Crippen molar-refractivity contribution in [2.45, 2.75) is 56.5 Å². The fourth-order valence-corrected chi connectivity index (χ4v) is 5.71. The molecule has 0 unspecified atom stereocenters. The fourth-order valence-electron chi connectivity index (χ4n) is 4.29. The van der Waals surface area contributed by atoms with E-state index in [-0.39, 0.29) is 23.0 Å². The monoisotopic (exact) mass is 494 g/mol. The first-order valence-corrected chi connectivity index (χ1v) is 13.2. The van der Waals surface area contributed by atoms with Crippen molar-refractivity contribution in [1.82, 2.24) is 14.1 Å². The lowest BCUT2D eigenvalue weighted by Gasteiger charge is -2.30. The molecule has 0 bridgehead atoms. The first-order valence-electron chi connectivity index (χ1n) is 11.8. The number of carbonyl (C=O) groups excluding carboxylic acids is 1. The number of nitrogens with one attached hydrogen (secondary N) is 1. The number of carbonyl (C=O) groups is 1. The van der Waals surface area contributed by atoms with E-state index in [0.717, 1.165) is 47.9 Å². The summed E-state index contributed by atoms with van der Waals surface area (Å²) in [5.41, 5.74) is 2.61. The topological polar surface area (TPSA) is 101 Å². The van der Waals surface area contributed by atoms with Crippen LogP contribution in [-0.2, 0) is 21.4 Å². The van der Waals surface area contributed by atoms with Crippen LogP contribution in [0.15, 0.2) is 70.4 Å². The first-order chi connectivity index (χ1) is 16.7. The summed E-state index contributed by atoms with van der Waals surface area (Å²) in [5, 5.41) is 7.03. The zero-order valence-electron chi connectivity index (χ0n) is 20.0. The van der Waals surface area contributed by atoms with E-state index in [4.69, 9.17) is 0 Å². The molecular weight excluding hydrogens is 464 g/mol. The molecule has 0 aliphatic heterocycles. The van der Waals surface area contributed by atoms with Crippen LogP contribution in [0, 0.1) is 6.92 Å². The summed E-state index contributed by atoms with van der Waals surface area (Å²) in [7, 11) is -1.97. The lowest BCUT2D eigenvalue weighted by Crippen LogP contribution is -2.38. The minimum atomic E-state index is -3.61. The lowest BCUT2D eigenvalue weighted by atomic mass is 9.96. The van der Waals surface area contributed by atoms with Crippen LogP contribution in [0.2, 0.25) is 0 Å². The molecule has 1 saturated carbocycles. The molecule has 4 rings (SSSR count). The minimum Gasteiger partial charge on any atom is -0.324 e. The highest BCUT2D eigenvalue weighted by Gasteiger charge is 2.29. The molecule has 1 aliphatic carbocycles. The van der Waals surface area contributed by atoms with Crippen LogP contribution >= 0.6 is 0 Å². The maximum absolute atomic E-state index is 13.0. The molecule has 9 heteroatoms. The Bertz CT molecular complexity index is 1340. The Balaban J connectivity index is 1.43. The highest BCUT2D eigenvalue weighted by atomic mass is 32.2. The van der Waals surface area contributed by atoms with Crippen molar-refractivity contribution in [3.05, 3.63) is 76.6 Å². The smallest absolute Gasteiger partial charge is 0.267 e. The van der Waals surface area contributed by atoms with Gasteiger partial charge in [-0.3, -0.25) is 9.59 Å². The molecule has 0 spiro atoms. The molecule has 1 heterocycles. The molecule has 1 aliphatic rings. The Labute approximate surface area is 205 Å². The van der Waals surface area contributed by atoms with Crippen LogP contribution in [0.25, 0.3) is 11.3 Å². The Morgan fingerprint density at radius 2 is 1.66 bits per heavy atom. The Morgan fingerprint density at radius 1 is 1.00 bits per heavy atom. The van der Waals surface area contributed by atoms with Gasteiger partial charge in [-0.2, -0.15) is 9.40 Å². The Morgan fingerprint density at radius 3 is 2.31 bits per heavy atom. The summed E-state index contributed by atoms with van der Waals surface area (Å²) in [5.74, 6) is -0.435. The average molecular weight is 495 g/mol. The lowest BCUT2D eigenvalue weighted by molar-refractivity contribution is -0.117. The van der Waals surface area contributed by atoms with Crippen LogP contribution < -0.4 is 10.9 Å². The van der Waals surface area contributed by atoms with Crippen molar-refractivity contribution in [2.75, 3.05) is 12.4 Å². The van der Waals surface area contributed by atoms with Crippen molar-refractivity contribution < 1.29 is 13.2 Å². The number of aromatic nitrogens is 2. The molecule has 0 saturated heterocycles. The van der Waals surface area contributed by atoms with Crippen LogP contribution in [0.1, 0.15) is 37.7 Å². The second kappa shape index (κ2) is 10.5. The maximum Gasteiger partial charge on any atom is 0.267 e. The summed E-state index contributed by atoms with van der Waals surface area (Å²) < 4.78 is 28.6. The van der Waals surface area contributed by atoms with E-state index in [0.29, 0.717) is 11.4 Å². The zero-order valence-corrected chi connectivity index (χ0v) is 20.8. The Kier molecular flexibility index (Phi) is 7.47. The molecule has 1 fully saturated rings. The molecule has 1 N–H and O–H groups in total. The third-order valence-electron chi connectivity index (χ3n) is 6.41. The van der Waals surface area contributed by atoms with Gasteiger partial charge in [0.1, 0.15) is 6.54 Å². The molecular formula is C26H30N4O4S. The van der Waals surface area contributed by atoms with Gasteiger partial charge in [0.05, 0.1) is 10.6 Å². The second-order valence-corrected chi connectivity index (χ2v) is 11.0. The van der Waals surface area contributed by atoms with E-state index in [1.165, 1.54) is 22.5 Å². The van der Waals surface area contributed by atoms with E-state index in [1.54, 1.807) is 25.2 Å². The standard InChI is InChI=1S/C26H30N4O4S/c1-19-8-10-20(11-9-19)24-16-17-26(32)30(28-24)18-25(31)27-21-12-14-23(15-13-21)35(33,34)29(2)22-6-4-3-5-7-22/h8-17,22H,3-7,18H2,1-2H3,(H,27,31). The SMILES string of the molecule is Cc1ccc(-c2ccc(=O)n(CC(=O)Nc3ccc(S(=O)(=O)N(C)C4CCCCC4)cc3)n2)cc1. The van der Waals surface area contributed by atoms with Crippen LogP contribution in [0.3, 0.4) is 0 Å². The number of benzene rings is 2. The molecule has 3 aromatic rings. The maximum atomic E-state index is 13.0. The van der Waals surface area contributed by atoms with Gasteiger partial charge in [0, 0.05) is 30.4 Å². The number of amides is 1. The van der Waals surface area contributed by atoms with Gasteiger partial charge in [-0.15, -0.1) is 0 Å². The van der Waals surface area contributed by atoms with Crippen LogP contribution in [0.4, 0.5) is 5.69 Å². The van der Waals surface area contributed by atoms with E-state index in [1.807, 2.05) is 31.2 Å². The summed E-state index contributed by atoms with van der Waals surface area (Å²) in [6.45, 7) is 1.72. The number of anilines is 1. The molecule has 35 heavy (non-hydrogen) atoms. The molecule has 0 atom stereocenters. The van der Waals surface area contributed by atoms with Gasteiger partial charge in [-0.25, -0.2) is 13.1 Å². The number of sulfonamides is 1. The largest absolute Gasteiger partial charge is 0.324 e. The van der Waals surface area contributed by atoms with Crippen molar-refractivity contribution >= 4 is 21.6 Å². The predicted octanol–water partition coefficient (Wildman–Crippen LogP) is 3.81. The van der Waals surface area contributed by atoms with Gasteiger partial charge in [0.2, 0.25) is 15.9 Å². The van der Waals surface area contributed by atoms with Gasteiger partial charge in [-0.05, 0) is 50.1 Å². The van der Waals surface area contributed by atoms with Gasteiger partial charge >= 0.3 is 0 Å². The normalized spacial score (nSPS) is 14.7. The zero-order chi connectivity index (χ0) is 25.0. The van der Waals surface area contributed by atoms with E-state index in [2.05, 4.69) is 10.4 Å². The summed E-state index contributed by atoms with van der Waals surface area (Å²) in [4.78, 5) is 25.0. The highest BCUT2D eigenvalue weighted by Crippen LogP contribution is 2.27. The van der Waals surface area contributed by atoms with Crippen LogP contribution in [-0.4, -0.2) is 41.5 Å². The molecule has 184 valence electrons. The fraction of sp³-hybridized carbons (Fsp3) is 0.346. The summed E-state index contributed by atoms with van der Waals surface area (Å²) in [6.07, 6.45) is 4.99. The molecule has 1 amide bonds. The Hall–Kier alpha value is -3.30. The predicted molar refractivity (Wildman–Crippen MR) is 136 cm³/mol. The van der Waals surface area contributed by atoms with Crippen molar-refractivity contribution in [2.24, 2.45) is 0 Å². The number of rotatable bonds is 7. The third kappa shape index (κ3) is 5.86. The van der Waals surface area contributed by atoms with Gasteiger partial charge in [0.15, 0.2) is 0 Å². The first kappa shape index (κ1) is 24.8. The number of aryl methyl sites for hydroxylation is 1. The van der Waals surface area contributed by atoms with Gasteiger partial charge in [-0.1, -0.05) is 49.1 Å². The van der Waals surface area contributed by atoms with Gasteiger partial charge < -0.3 is 5.32 Å². The molecule has 2 aromatic carbocycles. The highest BCUT2D eigenvalue weighted by molar-refractivity contribution is 7.89. The van der Waals surface area contributed by atoms with Crippen LogP contribution in [0.5, 0.6) is 0 Å². The number of hydrogen-bond donors (Lipinski definition) is 1. The quantitative estimate of drug-likeness (QED) is 0.538. The molecule has 1 aromatic heterocycles. The second-order valence-electron chi connectivity index (χ2n) is 8.97. The van der Waals surface area contributed by atoms with E-state index < -0.39 is 15.9 Å². The van der Waals surface area contributed by atoms with Crippen molar-refractivity contribution in [3.63, 3.8) is 0 Å². The summed E-state index contributed by atoms with van der Waals surface area (Å²) >= 11 is 0. The van der Waals surface area contributed by atoms with E-state index >= 15 is 0 Å². The van der Waals surface area contributed by atoms with Crippen molar-refractivity contribution in [1.29, 1.82) is 0 Å². The number of hydrogen-bond acceptors (Lipinski definition) is 5. The number of nitrogens with zero attached hydrogens (tertiary/aromatic N) is 3. The molecule has 0 radical (unpaired) electrons. The van der Waals surface area contributed by atoms with Crippen molar-refractivity contribution in [3.8, 4) is 11.3 Å². The third-order valence-corrected chi connectivity index (χ3v) is 8.34.